The van der Waals surface area contributed by atoms with Gasteiger partial charge < -0.3 is 15.0 Å². The molecular formula is C17H29N3O. The van der Waals surface area contributed by atoms with E-state index < -0.39 is 0 Å². The molecule has 1 aliphatic heterocycles. The van der Waals surface area contributed by atoms with Gasteiger partial charge in [-0.05, 0) is 51.5 Å². The summed E-state index contributed by atoms with van der Waals surface area (Å²) in [4.78, 5) is 7.06. The van der Waals surface area contributed by atoms with Crippen LogP contribution in [0, 0.1) is 0 Å². The highest BCUT2D eigenvalue weighted by Crippen LogP contribution is 2.15. The summed E-state index contributed by atoms with van der Waals surface area (Å²) >= 11 is 0. The molecule has 1 N–H and O–H groups in total. The standard InChI is InChI=1S/C17H29N3O/c1-3-10-18-12-15-7-6-8-16(19-15)13-21-14-17-9-4-5-11-20(17)2/h6-8,17-18H,3-5,9-14H2,1-2H3. The Labute approximate surface area is 128 Å². The van der Waals surface area contributed by atoms with E-state index in [9.17, 15) is 0 Å². The van der Waals surface area contributed by atoms with Crippen molar-refractivity contribution < 1.29 is 4.74 Å². The van der Waals surface area contributed by atoms with Crippen LogP contribution in [0.15, 0.2) is 18.2 Å². The summed E-state index contributed by atoms with van der Waals surface area (Å²) in [5.41, 5.74) is 2.13. The maximum Gasteiger partial charge on any atom is 0.0888 e. The molecule has 0 spiro atoms. The molecule has 118 valence electrons. The molecule has 1 aliphatic rings. The number of likely N-dealkylation sites (tertiary alicyclic amines) is 1. The van der Waals surface area contributed by atoms with Gasteiger partial charge in [-0.15, -0.1) is 0 Å². The molecule has 21 heavy (non-hydrogen) atoms. The van der Waals surface area contributed by atoms with Gasteiger partial charge in [0.1, 0.15) is 0 Å². The van der Waals surface area contributed by atoms with Crippen LogP contribution in [0.25, 0.3) is 0 Å². The third-order valence-electron chi connectivity index (χ3n) is 4.08. The van der Waals surface area contributed by atoms with Crippen LogP contribution in [0.3, 0.4) is 0 Å². The van der Waals surface area contributed by atoms with E-state index in [0.29, 0.717) is 12.6 Å². The zero-order valence-corrected chi connectivity index (χ0v) is 13.5. The van der Waals surface area contributed by atoms with Crippen LogP contribution in [-0.4, -0.2) is 42.7 Å². The van der Waals surface area contributed by atoms with Gasteiger partial charge in [-0.1, -0.05) is 19.4 Å². The van der Waals surface area contributed by atoms with Gasteiger partial charge in [-0.3, -0.25) is 4.98 Å². The minimum atomic E-state index is 0.577. The third-order valence-corrected chi connectivity index (χ3v) is 4.08. The Balaban J connectivity index is 1.73. The summed E-state index contributed by atoms with van der Waals surface area (Å²) in [6.07, 6.45) is 5.05. The van der Waals surface area contributed by atoms with E-state index in [4.69, 9.17) is 4.74 Å². The summed E-state index contributed by atoms with van der Waals surface area (Å²) in [7, 11) is 2.20. The minimum absolute atomic E-state index is 0.577. The number of hydrogen-bond acceptors (Lipinski definition) is 4. The van der Waals surface area contributed by atoms with Gasteiger partial charge in [0.05, 0.1) is 24.6 Å². The molecule has 1 aromatic rings. The molecule has 0 aromatic carbocycles. The van der Waals surface area contributed by atoms with Crippen LogP contribution in [0.1, 0.15) is 44.0 Å². The fourth-order valence-electron chi connectivity index (χ4n) is 2.76. The maximum absolute atomic E-state index is 5.89. The molecule has 1 aromatic heterocycles. The number of aromatic nitrogens is 1. The Hall–Kier alpha value is -0.970. The molecule has 0 aliphatic carbocycles. The van der Waals surface area contributed by atoms with Crippen molar-refractivity contribution in [2.75, 3.05) is 26.7 Å². The van der Waals surface area contributed by atoms with E-state index in [1.165, 1.54) is 25.8 Å². The molecule has 1 fully saturated rings. The topological polar surface area (TPSA) is 37.4 Å². The summed E-state index contributed by atoms with van der Waals surface area (Å²) in [5.74, 6) is 0. The summed E-state index contributed by atoms with van der Waals surface area (Å²) in [6.45, 7) is 6.68. The van der Waals surface area contributed by atoms with Crippen LogP contribution >= 0.6 is 0 Å². The molecule has 1 unspecified atom stereocenters. The van der Waals surface area contributed by atoms with Crippen molar-refractivity contribution in [3.63, 3.8) is 0 Å². The smallest absolute Gasteiger partial charge is 0.0888 e. The number of pyridine rings is 1. The zero-order valence-electron chi connectivity index (χ0n) is 13.5. The second-order valence-electron chi connectivity index (χ2n) is 5.94. The lowest BCUT2D eigenvalue weighted by Crippen LogP contribution is -2.39. The van der Waals surface area contributed by atoms with Gasteiger partial charge in [-0.25, -0.2) is 0 Å². The van der Waals surface area contributed by atoms with Gasteiger partial charge in [-0.2, -0.15) is 0 Å². The van der Waals surface area contributed by atoms with Gasteiger partial charge in [0.25, 0.3) is 0 Å². The highest BCUT2D eigenvalue weighted by atomic mass is 16.5. The highest BCUT2D eigenvalue weighted by molar-refractivity contribution is 5.10. The van der Waals surface area contributed by atoms with E-state index in [2.05, 4.69) is 41.3 Å². The van der Waals surface area contributed by atoms with Gasteiger partial charge in [0.2, 0.25) is 0 Å². The Bertz CT molecular complexity index is 411. The first-order chi connectivity index (χ1) is 10.3. The van der Waals surface area contributed by atoms with E-state index in [1.54, 1.807) is 0 Å². The molecule has 0 bridgehead atoms. The largest absolute Gasteiger partial charge is 0.374 e. The first-order valence-electron chi connectivity index (χ1n) is 8.23. The van der Waals surface area contributed by atoms with Crippen molar-refractivity contribution in [3.8, 4) is 0 Å². The van der Waals surface area contributed by atoms with E-state index in [1.807, 2.05) is 6.07 Å². The molecule has 0 radical (unpaired) electrons. The first kappa shape index (κ1) is 16.4. The van der Waals surface area contributed by atoms with Crippen LogP contribution in [0.4, 0.5) is 0 Å². The van der Waals surface area contributed by atoms with Crippen molar-refractivity contribution in [3.05, 3.63) is 29.6 Å². The number of nitrogens with zero attached hydrogens (tertiary/aromatic N) is 2. The molecule has 0 amide bonds. The van der Waals surface area contributed by atoms with Crippen LogP contribution in [-0.2, 0) is 17.9 Å². The summed E-state index contributed by atoms with van der Waals surface area (Å²) < 4.78 is 5.89. The number of nitrogens with one attached hydrogen (secondary N) is 1. The lowest BCUT2D eigenvalue weighted by molar-refractivity contribution is 0.0430. The Morgan fingerprint density at radius 3 is 3.00 bits per heavy atom. The molecule has 4 nitrogen and oxygen atoms in total. The molecule has 1 atom stereocenters. The zero-order chi connectivity index (χ0) is 14.9. The van der Waals surface area contributed by atoms with E-state index in [0.717, 1.165) is 37.5 Å². The lowest BCUT2D eigenvalue weighted by Gasteiger charge is -2.32. The molecule has 1 saturated heterocycles. The average molecular weight is 291 g/mol. The lowest BCUT2D eigenvalue weighted by atomic mass is 10.0. The molecule has 2 rings (SSSR count). The van der Waals surface area contributed by atoms with Gasteiger partial charge in [0.15, 0.2) is 0 Å². The van der Waals surface area contributed by atoms with E-state index >= 15 is 0 Å². The number of rotatable bonds is 8. The first-order valence-corrected chi connectivity index (χ1v) is 8.23. The average Bonchev–Trinajstić information content (AvgIpc) is 2.50. The SMILES string of the molecule is CCCNCc1cccc(COCC2CCCCN2C)n1. The quantitative estimate of drug-likeness (QED) is 0.747. The number of ether oxygens (including phenoxy) is 1. The van der Waals surface area contributed by atoms with Gasteiger partial charge >= 0.3 is 0 Å². The minimum Gasteiger partial charge on any atom is -0.374 e. The summed E-state index contributed by atoms with van der Waals surface area (Å²) in [6, 6.07) is 6.77. The summed E-state index contributed by atoms with van der Waals surface area (Å²) in [5, 5.41) is 3.38. The monoisotopic (exact) mass is 291 g/mol. The van der Waals surface area contributed by atoms with Crippen LogP contribution in [0.2, 0.25) is 0 Å². The second-order valence-corrected chi connectivity index (χ2v) is 5.94. The third kappa shape index (κ3) is 5.73. The van der Waals surface area contributed by atoms with Crippen molar-refractivity contribution in [2.24, 2.45) is 0 Å². The number of likely N-dealkylation sites (N-methyl/N-ethyl adjacent to an activating group) is 1. The van der Waals surface area contributed by atoms with Crippen molar-refractivity contribution in [1.29, 1.82) is 0 Å². The maximum atomic E-state index is 5.89. The number of hydrogen-bond donors (Lipinski definition) is 1. The van der Waals surface area contributed by atoms with Crippen LogP contribution in [0.5, 0.6) is 0 Å². The van der Waals surface area contributed by atoms with Crippen LogP contribution < -0.4 is 5.32 Å². The van der Waals surface area contributed by atoms with E-state index in [-0.39, 0.29) is 0 Å². The molecular weight excluding hydrogens is 262 g/mol. The van der Waals surface area contributed by atoms with Crippen molar-refractivity contribution in [2.45, 2.75) is 51.8 Å². The molecule has 4 heteroatoms. The Kier molecular flexibility index (Phi) is 7.13. The number of piperidine rings is 1. The fraction of sp³-hybridized carbons (Fsp3) is 0.706. The normalized spacial score (nSPS) is 19.8. The molecule has 2 heterocycles. The predicted molar refractivity (Wildman–Crippen MR) is 86.2 cm³/mol. The van der Waals surface area contributed by atoms with Gasteiger partial charge in [0, 0.05) is 12.6 Å². The fourth-order valence-corrected chi connectivity index (χ4v) is 2.76. The second kappa shape index (κ2) is 9.13. The molecule has 0 saturated carbocycles. The Morgan fingerprint density at radius 1 is 1.33 bits per heavy atom. The van der Waals surface area contributed by atoms with Crippen molar-refractivity contribution in [1.82, 2.24) is 15.2 Å². The Morgan fingerprint density at radius 2 is 2.19 bits per heavy atom. The predicted octanol–water partition coefficient (Wildman–Crippen LogP) is 2.58. The highest BCUT2D eigenvalue weighted by Gasteiger charge is 2.18. The van der Waals surface area contributed by atoms with Crippen molar-refractivity contribution >= 4 is 0 Å².